The second-order valence-corrected chi connectivity index (χ2v) is 10.4. The van der Waals surface area contributed by atoms with Crippen molar-refractivity contribution in [1.29, 1.82) is 0 Å². The molecule has 0 atom stereocenters. The lowest BCUT2D eigenvalue weighted by Crippen LogP contribution is -2.29. The number of aromatic nitrogens is 2. The molecule has 2 fully saturated rings. The minimum absolute atomic E-state index is 0.0477. The molecule has 0 radical (unpaired) electrons. The number of carbonyl (C=O) groups is 1. The lowest BCUT2D eigenvalue weighted by Gasteiger charge is -2.23. The third-order valence-electron chi connectivity index (χ3n) is 6.44. The fraction of sp³-hybridized carbons (Fsp3) is 0.519. The smallest absolute Gasteiger partial charge is 0.251 e. The van der Waals surface area contributed by atoms with Crippen molar-refractivity contribution in [1.82, 2.24) is 15.3 Å². The van der Waals surface area contributed by atoms with Gasteiger partial charge in [-0.2, -0.15) is 0 Å². The van der Waals surface area contributed by atoms with Crippen molar-refractivity contribution in [3.63, 3.8) is 0 Å². The van der Waals surface area contributed by atoms with Crippen molar-refractivity contribution < 1.29 is 14.6 Å². The summed E-state index contributed by atoms with van der Waals surface area (Å²) in [6.07, 6.45) is 5.62. The number of nitrogens with zero attached hydrogens (tertiary/aromatic N) is 2. The van der Waals surface area contributed by atoms with E-state index in [4.69, 9.17) is 20.4 Å². The van der Waals surface area contributed by atoms with Gasteiger partial charge in [0, 0.05) is 55.7 Å². The van der Waals surface area contributed by atoms with Crippen molar-refractivity contribution in [3.05, 3.63) is 53.0 Å². The van der Waals surface area contributed by atoms with E-state index in [1.165, 1.54) is 6.20 Å². The van der Waals surface area contributed by atoms with Gasteiger partial charge in [-0.3, -0.25) is 4.79 Å². The number of benzene rings is 1. The Bertz CT molecular complexity index is 1100. The van der Waals surface area contributed by atoms with Gasteiger partial charge in [0.1, 0.15) is 11.6 Å². The lowest BCUT2D eigenvalue weighted by molar-refractivity contribution is 0.0699. The van der Waals surface area contributed by atoms with Crippen LogP contribution in [0.25, 0.3) is 5.57 Å². The number of amides is 1. The van der Waals surface area contributed by atoms with Gasteiger partial charge in [-0.05, 0) is 69.6 Å². The standard InChI is InChI=1S/C27H38N6O3/c1-17-12-19(4-7-21(17)26(34)31-20-5-6-20)22(14-28)25-32-23(29-15-18-8-10-36-11-9-18)13-24(33-25)30-16-27(2,3)35/h4,7,12-14,18,20,35H,5-6,8-11,15-16,28H2,1-3H3,(H,31,34)(H2,29,30,32,33). The topological polar surface area (TPSA) is 134 Å². The summed E-state index contributed by atoms with van der Waals surface area (Å²) in [7, 11) is 0. The first-order valence-electron chi connectivity index (χ1n) is 12.7. The fourth-order valence-electron chi connectivity index (χ4n) is 4.13. The summed E-state index contributed by atoms with van der Waals surface area (Å²) >= 11 is 0. The van der Waals surface area contributed by atoms with Crippen LogP contribution in [0.15, 0.2) is 30.5 Å². The summed E-state index contributed by atoms with van der Waals surface area (Å²) in [6, 6.07) is 7.79. The molecule has 6 N–H and O–H groups in total. The summed E-state index contributed by atoms with van der Waals surface area (Å²) < 4.78 is 5.47. The Morgan fingerprint density at radius 1 is 1.14 bits per heavy atom. The molecule has 194 valence electrons. The molecule has 1 aliphatic heterocycles. The van der Waals surface area contributed by atoms with Crippen LogP contribution in [0.3, 0.4) is 0 Å². The lowest BCUT2D eigenvalue weighted by atomic mass is 9.99. The average molecular weight is 495 g/mol. The van der Waals surface area contributed by atoms with Gasteiger partial charge in [0.25, 0.3) is 5.91 Å². The van der Waals surface area contributed by atoms with Gasteiger partial charge in [0.2, 0.25) is 0 Å². The molecule has 2 heterocycles. The molecule has 1 aromatic carbocycles. The Hall–Kier alpha value is -3.17. The first-order chi connectivity index (χ1) is 17.2. The van der Waals surface area contributed by atoms with Crippen LogP contribution in [0.1, 0.15) is 66.8 Å². The van der Waals surface area contributed by atoms with E-state index in [1.807, 2.05) is 31.2 Å². The van der Waals surface area contributed by atoms with Crippen molar-refractivity contribution in [2.75, 3.05) is 36.9 Å². The van der Waals surface area contributed by atoms with Crippen molar-refractivity contribution in [2.24, 2.45) is 11.7 Å². The molecule has 0 unspecified atom stereocenters. The molecule has 9 heteroatoms. The highest BCUT2D eigenvalue weighted by Gasteiger charge is 2.25. The molecular weight excluding hydrogens is 456 g/mol. The van der Waals surface area contributed by atoms with Gasteiger partial charge in [0.05, 0.1) is 5.60 Å². The third kappa shape index (κ3) is 7.18. The van der Waals surface area contributed by atoms with Gasteiger partial charge < -0.3 is 31.5 Å². The second-order valence-electron chi connectivity index (χ2n) is 10.4. The normalized spacial score (nSPS) is 17.1. The maximum atomic E-state index is 12.6. The molecule has 2 aromatic rings. The van der Waals surface area contributed by atoms with Crippen LogP contribution in [0, 0.1) is 12.8 Å². The third-order valence-corrected chi connectivity index (χ3v) is 6.44. The van der Waals surface area contributed by atoms with Gasteiger partial charge in [-0.15, -0.1) is 0 Å². The number of nitrogens with two attached hydrogens (primary N) is 1. The Kier molecular flexibility index (Phi) is 8.11. The quantitative estimate of drug-likeness (QED) is 0.340. The summed E-state index contributed by atoms with van der Waals surface area (Å²) in [5, 5.41) is 19.9. The molecule has 1 aromatic heterocycles. The highest BCUT2D eigenvalue weighted by atomic mass is 16.5. The number of ether oxygens (including phenoxy) is 1. The number of aliphatic hydroxyl groups is 1. The molecular formula is C27H38N6O3. The zero-order chi connectivity index (χ0) is 25.7. The van der Waals surface area contributed by atoms with Gasteiger partial charge >= 0.3 is 0 Å². The van der Waals surface area contributed by atoms with Crippen LogP contribution in [0.4, 0.5) is 11.6 Å². The Morgan fingerprint density at radius 2 is 1.83 bits per heavy atom. The number of rotatable bonds is 10. The van der Waals surface area contributed by atoms with Crippen LogP contribution in [-0.2, 0) is 4.74 Å². The van der Waals surface area contributed by atoms with E-state index in [2.05, 4.69) is 16.0 Å². The zero-order valence-corrected chi connectivity index (χ0v) is 21.4. The van der Waals surface area contributed by atoms with Gasteiger partial charge in [0.15, 0.2) is 5.82 Å². The second kappa shape index (κ2) is 11.3. The Balaban J connectivity index is 1.58. The minimum atomic E-state index is -0.901. The van der Waals surface area contributed by atoms with Crippen molar-refractivity contribution in [2.45, 2.75) is 58.1 Å². The zero-order valence-electron chi connectivity index (χ0n) is 21.4. The number of hydrogen-bond donors (Lipinski definition) is 5. The van der Waals surface area contributed by atoms with E-state index in [0.717, 1.165) is 56.6 Å². The highest BCUT2D eigenvalue weighted by molar-refractivity contribution is 5.96. The van der Waals surface area contributed by atoms with E-state index >= 15 is 0 Å². The number of carbonyl (C=O) groups excluding carboxylic acids is 1. The molecule has 0 bridgehead atoms. The van der Waals surface area contributed by atoms with E-state index in [9.17, 15) is 9.90 Å². The first-order valence-corrected chi connectivity index (χ1v) is 12.7. The fourth-order valence-corrected chi connectivity index (χ4v) is 4.13. The number of anilines is 2. The van der Waals surface area contributed by atoms with Gasteiger partial charge in [-0.25, -0.2) is 9.97 Å². The molecule has 9 nitrogen and oxygen atoms in total. The van der Waals surface area contributed by atoms with Crippen LogP contribution >= 0.6 is 0 Å². The molecule has 2 aliphatic rings. The number of hydrogen-bond acceptors (Lipinski definition) is 8. The van der Waals surface area contributed by atoms with E-state index in [1.54, 1.807) is 13.8 Å². The molecule has 0 spiro atoms. The van der Waals surface area contributed by atoms with E-state index < -0.39 is 5.60 Å². The number of nitrogens with one attached hydrogen (secondary N) is 3. The van der Waals surface area contributed by atoms with Crippen molar-refractivity contribution in [3.8, 4) is 0 Å². The van der Waals surface area contributed by atoms with Crippen molar-refractivity contribution >= 4 is 23.1 Å². The summed E-state index contributed by atoms with van der Waals surface area (Å²) in [6.45, 7) is 8.08. The van der Waals surface area contributed by atoms with E-state index in [0.29, 0.717) is 47.1 Å². The Morgan fingerprint density at radius 3 is 2.44 bits per heavy atom. The average Bonchev–Trinajstić information content (AvgIpc) is 3.66. The predicted octanol–water partition coefficient (Wildman–Crippen LogP) is 3.05. The SMILES string of the molecule is Cc1cc(C(=CN)c2nc(NCC3CCOCC3)cc(NCC(C)(C)O)n2)ccc1C(=O)NC1CC1. The van der Waals surface area contributed by atoms with Gasteiger partial charge in [-0.1, -0.05) is 12.1 Å². The predicted molar refractivity (Wildman–Crippen MR) is 142 cm³/mol. The molecule has 4 rings (SSSR count). The molecule has 1 saturated heterocycles. The molecule has 36 heavy (non-hydrogen) atoms. The monoisotopic (exact) mass is 494 g/mol. The summed E-state index contributed by atoms with van der Waals surface area (Å²) in [4.78, 5) is 22.0. The molecule has 1 aliphatic carbocycles. The summed E-state index contributed by atoms with van der Waals surface area (Å²) in [5.74, 6) is 2.21. The molecule has 1 saturated carbocycles. The Labute approximate surface area is 212 Å². The van der Waals surface area contributed by atoms with Crippen LogP contribution in [0.5, 0.6) is 0 Å². The maximum absolute atomic E-state index is 12.6. The summed E-state index contributed by atoms with van der Waals surface area (Å²) in [5.41, 5.74) is 8.18. The number of aryl methyl sites for hydroxylation is 1. The van der Waals surface area contributed by atoms with Crippen LogP contribution in [-0.4, -0.2) is 58.9 Å². The van der Waals surface area contributed by atoms with E-state index in [-0.39, 0.29) is 5.91 Å². The first kappa shape index (κ1) is 25.9. The van der Waals surface area contributed by atoms with Crippen LogP contribution in [0.2, 0.25) is 0 Å². The molecule has 1 amide bonds. The highest BCUT2D eigenvalue weighted by Crippen LogP contribution is 2.26. The minimum Gasteiger partial charge on any atom is -0.404 e. The maximum Gasteiger partial charge on any atom is 0.251 e. The van der Waals surface area contributed by atoms with Crippen LogP contribution < -0.4 is 21.7 Å². The largest absolute Gasteiger partial charge is 0.404 e.